The summed E-state index contributed by atoms with van der Waals surface area (Å²) in [7, 11) is -2.57. The van der Waals surface area contributed by atoms with E-state index in [4.69, 9.17) is 4.74 Å². The normalized spacial score (nSPS) is 16.5. The molecule has 0 aliphatic carbocycles. The number of hydrogen-bond donors (Lipinski definition) is 1. The Morgan fingerprint density at radius 2 is 2.00 bits per heavy atom. The Morgan fingerprint density at radius 1 is 1.30 bits per heavy atom. The molecular formula is C20H27N5O6S2. The summed E-state index contributed by atoms with van der Waals surface area (Å²) in [5.74, 6) is 0.469. The number of rotatable bonds is 5. The first-order valence-electron chi connectivity index (χ1n) is 10.1. The number of thiazole rings is 1. The maximum absolute atomic E-state index is 13.4. The van der Waals surface area contributed by atoms with Gasteiger partial charge in [0.15, 0.2) is 5.82 Å². The molecule has 2 aromatic heterocycles. The van der Waals surface area contributed by atoms with E-state index in [1.54, 1.807) is 34.7 Å². The van der Waals surface area contributed by atoms with Gasteiger partial charge in [-0.15, -0.1) is 15.6 Å². The lowest BCUT2D eigenvalue weighted by Gasteiger charge is -2.28. The standard InChI is InChI=1S/C20H27N5O6S2/c1-13-8-15(9-21-17(13)23(5)14-6-7-24(10-14)18(26)27)33(29,30)25(16-11-32-12-22-16)19(28)31-20(2,3)4/h8-9,11-12,14H,6-7,10H2,1-5H3,(H,26,27). The molecule has 3 heterocycles. The topological polar surface area (TPSA) is 133 Å². The highest BCUT2D eigenvalue weighted by Crippen LogP contribution is 2.29. The minimum atomic E-state index is -4.36. The summed E-state index contributed by atoms with van der Waals surface area (Å²) < 4.78 is 32.7. The van der Waals surface area contributed by atoms with Gasteiger partial charge in [-0.2, -0.15) is 0 Å². The van der Waals surface area contributed by atoms with Gasteiger partial charge < -0.3 is 19.6 Å². The van der Waals surface area contributed by atoms with E-state index >= 15 is 0 Å². The molecule has 0 saturated carbocycles. The first-order valence-corrected chi connectivity index (χ1v) is 12.5. The first kappa shape index (κ1) is 24.7. The molecule has 1 aliphatic rings. The summed E-state index contributed by atoms with van der Waals surface area (Å²) in [6, 6.07) is 1.35. The zero-order valence-corrected chi connectivity index (χ0v) is 20.7. The molecule has 1 saturated heterocycles. The van der Waals surface area contributed by atoms with Crippen molar-refractivity contribution in [1.29, 1.82) is 0 Å². The molecule has 0 radical (unpaired) electrons. The highest BCUT2D eigenvalue weighted by Gasteiger charge is 2.37. The van der Waals surface area contributed by atoms with E-state index in [1.807, 2.05) is 4.90 Å². The second-order valence-electron chi connectivity index (χ2n) is 8.69. The smallest absolute Gasteiger partial charge is 0.430 e. The van der Waals surface area contributed by atoms with Crippen molar-refractivity contribution in [3.8, 4) is 0 Å². The molecular weight excluding hydrogens is 470 g/mol. The summed E-state index contributed by atoms with van der Waals surface area (Å²) in [5, 5.41) is 10.6. The quantitative estimate of drug-likeness (QED) is 0.661. The number of carbonyl (C=O) groups excluding carboxylic acids is 1. The third-order valence-corrected chi connectivity index (χ3v) is 7.28. The first-order chi connectivity index (χ1) is 15.3. The average molecular weight is 498 g/mol. The van der Waals surface area contributed by atoms with Crippen molar-refractivity contribution in [2.75, 3.05) is 29.3 Å². The third-order valence-electron chi connectivity index (χ3n) is 5.07. The number of aromatic nitrogens is 2. The molecule has 1 atom stereocenters. The fraction of sp³-hybridized carbons (Fsp3) is 0.500. The van der Waals surface area contributed by atoms with Crippen LogP contribution in [0.5, 0.6) is 0 Å². The third kappa shape index (κ3) is 5.36. The summed E-state index contributed by atoms with van der Waals surface area (Å²) in [6.45, 7) is 7.39. The molecule has 1 unspecified atom stereocenters. The van der Waals surface area contributed by atoms with Gasteiger partial charge in [-0.05, 0) is 45.7 Å². The summed E-state index contributed by atoms with van der Waals surface area (Å²) in [4.78, 5) is 35.3. The fourth-order valence-corrected chi connectivity index (χ4v) is 5.37. The van der Waals surface area contributed by atoms with Crippen molar-refractivity contribution < 1.29 is 27.9 Å². The number of carbonyl (C=O) groups is 2. The van der Waals surface area contributed by atoms with Crippen molar-refractivity contribution in [1.82, 2.24) is 14.9 Å². The molecule has 13 heteroatoms. The molecule has 11 nitrogen and oxygen atoms in total. The highest BCUT2D eigenvalue weighted by molar-refractivity contribution is 7.93. The van der Waals surface area contributed by atoms with Crippen molar-refractivity contribution >= 4 is 45.2 Å². The van der Waals surface area contributed by atoms with Gasteiger partial charge in [0.2, 0.25) is 0 Å². The number of pyridine rings is 1. The molecule has 1 fully saturated rings. The van der Waals surface area contributed by atoms with Crippen LogP contribution in [-0.2, 0) is 14.8 Å². The second-order valence-corrected chi connectivity index (χ2v) is 11.2. The fourth-order valence-electron chi connectivity index (χ4n) is 3.49. The highest BCUT2D eigenvalue weighted by atomic mass is 32.2. The maximum atomic E-state index is 13.4. The van der Waals surface area contributed by atoms with Crippen LogP contribution < -0.4 is 9.21 Å². The molecule has 1 N–H and O–H groups in total. The van der Waals surface area contributed by atoms with E-state index in [9.17, 15) is 23.1 Å². The summed E-state index contributed by atoms with van der Waals surface area (Å²) in [6.07, 6.45) is -0.213. The lowest BCUT2D eigenvalue weighted by molar-refractivity contribution is 0.0608. The number of amides is 2. The van der Waals surface area contributed by atoms with Gasteiger partial charge in [0.1, 0.15) is 16.3 Å². The predicted molar refractivity (Wildman–Crippen MR) is 123 cm³/mol. The molecule has 1 aliphatic heterocycles. The monoisotopic (exact) mass is 497 g/mol. The number of nitrogens with zero attached hydrogens (tertiary/aromatic N) is 5. The number of likely N-dealkylation sites (tertiary alicyclic amines) is 1. The SMILES string of the molecule is Cc1cc(S(=O)(=O)N(C(=O)OC(C)(C)C)c2cscn2)cnc1N(C)C1CCN(C(=O)O)C1. The zero-order valence-electron chi connectivity index (χ0n) is 19.0. The van der Waals surface area contributed by atoms with Crippen molar-refractivity contribution in [2.24, 2.45) is 0 Å². The van der Waals surface area contributed by atoms with Crippen LogP contribution in [0.2, 0.25) is 0 Å². The Kier molecular flexibility index (Phi) is 6.84. The number of hydrogen-bond acceptors (Lipinski definition) is 9. The van der Waals surface area contributed by atoms with Gasteiger partial charge in [-0.1, -0.05) is 0 Å². The zero-order chi connectivity index (χ0) is 24.6. The molecule has 0 bridgehead atoms. The van der Waals surface area contributed by atoms with Crippen LogP contribution in [-0.4, -0.2) is 72.4 Å². The molecule has 33 heavy (non-hydrogen) atoms. The van der Waals surface area contributed by atoms with Crippen LogP contribution in [0.25, 0.3) is 0 Å². The number of likely N-dealkylation sites (N-methyl/N-ethyl adjacent to an activating group) is 1. The van der Waals surface area contributed by atoms with E-state index in [2.05, 4.69) is 9.97 Å². The summed E-state index contributed by atoms with van der Waals surface area (Å²) in [5.41, 5.74) is 1.08. The Labute approximate surface area is 196 Å². The van der Waals surface area contributed by atoms with Gasteiger partial charge in [0, 0.05) is 37.8 Å². The number of aryl methyl sites for hydroxylation is 1. The molecule has 0 aromatic carbocycles. The van der Waals surface area contributed by atoms with Crippen LogP contribution in [0, 0.1) is 6.92 Å². The summed E-state index contributed by atoms with van der Waals surface area (Å²) >= 11 is 1.15. The average Bonchev–Trinajstić information content (AvgIpc) is 3.38. The van der Waals surface area contributed by atoms with Gasteiger partial charge in [-0.3, -0.25) is 0 Å². The number of carboxylic acid groups (broad SMARTS) is 1. The molecule has 2 amide bonds. The molecule has 0 spiro atoms. The molecule has 2 aromatic rings. The Morgan fingerprint density at radius 3 is 2.52 bits per heavy atom. The van der Waals surface area contributed by atoms with Crippen LogP contribution in [0.3, 0.4) is 0 Å². The lowest BCUT2D eigenvalue weighted by Crippen LogP contribution is -2.41. The number of sulfonamides is 1. The molecule has 180 valence electrons. The van der Waals surface area contributed by atoms with Crippen LogP contribution >= 0.6 is 11.3 Å². The van der Waals surface area contributed by atoms with E-state index < -0.39 is 27.8 Å². The van der Waals surface area contributed by atoms with Gasteiger partial charge in [0.25, 0.3) is 10.0 Å². The van der Waals surface area contributed by atoms with Gasteiger partial charge >= 0.3 is 12.2 Å². The Bertz CT molecular complexity index is 1130. The second kappa shape index (κ2) is 9.14. The van der Waals surface area contributed by atoms with E-state index in [0.717, 1.165) is 11.3 Å². The Balaban J connectivity index is 1.92. The predicted octanol–water partition coefficient (Wildman–Crippen LogP) is 3.17. The van der Waals surface area contributed by atoms with E-state index in [-0.39, 0.29) is 16.8 Å². The van der Waals surface area contributed by atoms with Crippen molar-refractivity contribution in [3.63, 3.8) is 0 Å². The minimum absolute atomic E-state index is 0.0622. The van der Waals surface area contributed by atoms with Crippen LogP contribution in [0.1, 0.15) is 32.8 Å². The van der Waals surface area contributed by atoms with Crippen molar-refractivity contribution in [3.05, 3.63) is 28.7 Å². The minimum Gasteiger partial charge on any atom is -0.465 e. The molecule has 3 rings (SSSR count). The van der Waals surface area contributed by atoms with Crippen LogP contribution in [0.15, 0.2) is 28.0 Å². The lowest BCUT2D eigenvalue weighted by atomic mass is 10.2. The number of anilines is 2. The van der Waals surface area contributed by atoms with E-state index in [0.29, 0.717) is 35.2 Å². The van der Waals surface area contributed by atoms with Gasteiger partial charge in [-0.25, -0.2) is 28.0 Å². The van der Waals surface area contributed by atoms with E-state index in [1.165, 1.54) is 28.1 Å². The maximum Gasteiger partial charge on any atom is 0.430 e. The van der Waals surface area contributed by atoms with Crippen molar-refractivity contribution in [2.45, 2.75) is 50.7 Å². The largest absolute Gasteiger partial charge is 0.465 e. The van der Waals surface area contributed by atoms with Crippen LogP contribution in [0.4, 0.5) is 21.2 Å². The Hall–Kier alpha value is -2.93. The number of ether oxygens (including phenoxy) is 1. The van der Waals surface area contributed by atoms with Gasteiger partial charge in [0.05, 0.1) is 5.51 Å².